The van der Waals surface area contributed by atoms with Gasteiger partial charge < -0.3 is 5.11 Å². The Kier molecular flexibility index (Phi) is 2.28. The van der Waals surface area contributed by atoms with Crippen LogP contribution in [0, 0.1) is 0 Å². The van der Waals surface area contributed by atoms with Gasteiger partial charge in [0, 0.05) is 5.92 Å². The van der Waals surface area contributed by atoms with Crippen LogP contribution in [0.4, 0.5) is 0 Å². The summed E-state index contributed by atoms with van der Waals surface area (Å²) in [6.07, 6.45) is 8.44. The van der Waals surface area contributed by atoms with Gasteiger partial charge in [-0.25, -0.2) is 0 Å². The predicted octanol–water partition coefficient (Wildman–Crippen LogP) is 2.39. The van der Waals surface area contributed by atoms with Gasteiger partial charge in [0.1, 0.15) is 0 Å². The maximum Gasteiger partial charge on any atom is 0.0681 e. The van der Waals surface area contributed by atoms with Crippen LogP contribution in [-0.4, -0.2) is 5.11 Å². The van der Waals surface area contributed by atoms with E-state index >= 15 is 0 Å². The molecule has 0 spiro atoms. The summed E-state index contributed by atoms with van der Waals surface area (Å²) < 4.78 is 0. The molecule has 0 radical (unpaired) electrons. The molecule has 0 unspecified atom stereocenters. The molecule has 2 rings (SSSR count). The summed E-state index contributed by atoms with van der Waals surface area (Å²) in [5, 5.41) is 8.87. The number of hydrogen-bond acceptors (Lipinski definition) is 1. The average Bonchev–Trinajstić information content (AvgIpc) is 2.71. The Morgan fingerprint density at radius 3 is 2.15 bits per heavy atom. The van der Waals surface area contributed by atoms with Gasteiger partial charge >= 0.3 is 0 Å². The standard InChI is InChI=1S/C12H12O/c13-9-10-5-7-12(8-6-10)11-3-1-2-4-11/h1-8,11,13H,9H2. The van der Waals surface area contributed by atoms with Crippen LogP contribution in [0.15, 0.2) is 48.6 Å². The fourth-order valence-electron chi connectivity index (χ4n) is 1.50. The number of rotatable bonds is 2. The Morgan fingerprint density at radius 2 is 1.62 bits per heavy atom. The van der Waals surface area contributed by atoms with Gasteiger partial charge in [0.15, 0.2) is 0 Å². The van der Waals surface area contributed by atoms with Crippen molar-refractivity contribution in [3.8, 4) is 0 Å². The Balaban J connectivity index is 2.22. The summed E-state index contributed by atoms with van der Waals surface area (Å²) in [7, 11) is 0. The lowest BCUT2D eigenvalue weighted by Crippen LogP contribution is -1.89. The van der Waals surface area contributed by atoms with Crippen LogP contribution in [0.25, 0.3) is 0 Å². The van der Waals surface area contributed by atoms with E-state index in [-0.39, 0.29) is 6.61 Å². The van der Waals surface area contributed by atoms with Gasteiger partial charge in [-0.1, -0.05) is 48.6 Å². The molecule has 1 nitrogen and oxygen atoms in total. The molecule has 0 heterocycles. The highest BCUT2D eigenvalue weighted by molar-refractivity contribution is 5.35. The second-order valence-electron chi connectivity index (χ2n) is 3.20. The number of allylic oxidation sites excluding steroid dienone is 4. The van der Waals surface area contributed by atoms with E-state index in [2.05, 4.69) is 36.4 Å². The van der Waals surface area contributed by atoms with E-state index in [0.29, 0.717) is 5.92 Å². The van der Waals surface area contributed by atoms with Crippen LogP contribution in [0.5, 0.6) is 0 Å². The summed E-state index contributed by atoms with van der Waals surface area (Å²) in [5.74, 6) is 0.424. The van der Waals surface area contributed by atoms with Crippen molar-refractivity contribution in [2.75, 3.05) is 0 Å². The highest BCUT2D eigenvalue weighted by Crippen LogP contribution is 2.22. The minimum atomic E-state index is 0.122. The highest BCUT2D eigenvalue weighted by Gasteiger charge is 2.05. The molecule has 0 saturated heterocycles. The van der Waals surface area contributed by atoms with Gasteiger partial charge in [-0.3, -0.25) is 0 Å². The van der Waals surface area contributed by atoms with E-state index < -0.39 is 0 Å². The summed E-state index contributed by atoms with van der Waals surface area (Å²) in [4.78, 5) is 0. The highest BCUT2D eigenvalue weighted by atomic mass is 16.3. The monoisotopic (exact) mass is 172 g/mol. The molecule has 1 aromatic rings. The summed E-state index contributed by atoms with van der Waals surface area (Å²) in [6.45, 7) is 0.122. The van der Waals surface area contributed by atoms with E-state index in [0.717, 1.165) is 5.56 Å². The second-order valence-corrected chi connectivity index (χ2v) is 3.20. The van der Waals surface area contributed by atoms with Crippen molar-refractivity contribution in [3.63, 3.8) is 0 Å². The Labute approximate surface area is 78.0 Å². The first-order valence-electron chi connectivity index (χ1n) is 4.45. The third kappa shape index (κ3) is 1.70. The maximum atomic E-state index is 8.87. The number of hydrogen-bond donors (Lipinski definition) is 1. The van der Waals surface area contributed by atoms with Gasteiger partial charge in [-0.15, -0.1) is 0 Å². The molecule has 0 aromatic heterocycles. The summed E-state index contributed by atoms with van der Waals surface area (Å²) >= 11 is 0. The number of benzene rings is 1. The first-order valence-corrected chi connectivity index (χ1v) is 4.45. The Hall–Kier alpha value is -1.34. The molecular weight excluding hydrogens is 160 g/mol. The SMILES string of the molecule is OCc1ccc(C2C=CC=C2)cc1. The van der Waals surface area contributed by atoms with Crippen molar-refractivity contribution < 1.29 is 5.11 Å². The molecule has 66 valence electrons. The molecule has 1 aliphatic carbocycles. The lowest BCUT2D eigenvalue weighted by atomic mass is 10.00. The maximum absolute atomic E-state index is 8.87. The molecule has 0 bridgehead atoms. The zero-order valence-corrected chi connectivity index (χ0v) is 7.35. The van der Waals surface area contributed by atoms with Crippen LogP contribution in [0.3, 0.4) is 0 Å². The van der Waals surface area contributed by atoms with Gasteiger partial charge in [-0.05, 0) is 11.1 Å². The van der Waals surface area contributed by atoms with E-state index in [9.17, 15) is 0 Å². The molecule has 0 aliphatic heterocycles. The lowest BCUT2D eigenvalue weighted by Gasteiger charge is -2.05. The zero-order chi connectivity index (χ0) is 9.10. The molecule has 1 aromatic carbocycles. The molecule has 0 saturated carbocycles. The first-order chi connectivity index (χ1) is 6.40. The third-order valence-electron chi connectivity index (χ3n) is 2.30. The third-order valence-corrected chi connectivity index (χ3v) is 2.30. The van der Waals surface area contributed by atoms with Crippen molar-refractivity contribution in [1.29, 1.82) is 0 Å². The minimum absolute atomic E-state index is 0.122. The quantitative estimate of drug-likeness (QED) is 0.726. The van der Waals surface area contributed by atoms with E-state index in [1.807, 2.05) is 12.1 Å². The van der Waals surface area contributed by atoms with Crippen LogP contribution >= 0.6 is 0 Å². The van der Waals surface area contributed by atoms with Crippen molar-refractivity contribution in [3.05, 3.63) is 59.7 Å². The van der Waals surface area contributed by atoms with Crippen molar-refractivity contribution in [2.24, 2.45) is 0 Å². The molecular formula is C12H12O. The fourth-order valence-corrected chi connectivity index (χ4v) is 1.50. The zero-order valence-electron chi connectivity index (χ0n) is 7.35. The summed E-state index contributed by atoms with van der Waals surface area (Å²) in [5.41, 5.74) is 2.25. The van der Waals surface area contributed by atoms with Gasteiger partial charge in [-0.2, -0.15) is 0 Å². The number of aliphatic hydroxyl groups excluding tert-OH is 1. The van der Waals surface area contributed by atoms with Gasteiger partial charge in [0.05, 0.1) is 6.61 Å². The van der Waals surface area contributed by atoms with Crippen LogP contribution < -0.4 is 0 Å². The molecule has 0 fully saturated rings. The molecule has 1 aliphatic rings. The van der Waals surface area contributed by atoms with Crippen LogP contribution in [0.1, 0.15) is 17.0 Å². The van der Waals surface area contributed by atoms with Crippen molar-refractivity contribution in [1.82, 2.24) is 0 Å². The first kappa shape index (κ1) is 8.27. The molecule has 0 atom stereocenters. The molecule has 0 amide bonds. The smallest absolute Gasteiger partial charge is 0.0681 e. The number of aliphatic hydroxyl groups is 1. The topological polar surface area (TPSA) is 20.2 Å². The minimum Gasteiger partial charge on any atom is -0.392 e. The van der Waals surface area contributed by atoms with Crippen molar-refractivity contribution >= 4 is 0 Å². The fraction of sp³-hybridized carbons (Fsp3) is 0.167. The lowest BCUT2D eigenvalue weighted by molar-refractivity contribution is 0.282. The predicted molar refractivity (Wildman–Crippen MR) is 53.4 cm³/mol. The van der Waals surface area contributed by atoms with Crippen LogP contribution in [0.2, 0.25) is 0 Å². The normalized spacial score (nSPS) is 15.5. The molecule has 1 N–H and O–H groups in total. The van der Waals surface area contributed by atoms with E-state index in [4.69, 9.17) is 5.11 Å². The second kappa shape index (κ2) is 3.58. The van der Waals surface area contributed by atoms with E-state index in [1.54, 1.807) is 0 Å². The van der Waals surface area contributed by atoms with E-state index in [1.165, 1.54) is 5.56 Å². The Morgan fingerprint density at radius 1 is 1.00 bits per heavy atom. The van der Waals surface area contributed by atoms with Gasteiger partial charge in [0.25, 0.3) is 0 Å². The Bertz CT molecular complexity index is 321. The van der Waals surface area contributed by atoms with Crippen LogP contribution in [-0.2, 0) is 6.61 Å². The van der Waals surface area contributed by atoms with Crippen molar-refractivity contribution in [2.45, 2.75) is 12.5 Å². The molecule has 1 heteroatoms. The molecule has 13 heavy (non-hydrogen) atoms. The van der Waals surface area contributed by atoms with Gasteiger partial charge in [0.2, 0.25) is 0 Å². The largest absolute Gasteiger partial charge is 0.392 e. The average molecular weight is 172 g/mol. The summed E-state index contributed by atoms with van der Waals surface area (Å²) in [6, 6.07) is 8.07.